The first kappa shape index (κ1) is 37.7. The van der Waals surface area contributed by atoms with E-state index in [1.807, 2.05) is 66.7 Å². The summed E-state index contributed by atoms with van der Waals surface area (Å²) in [7, 11) is 1.51. The number of ether oxygens (including phenoxy) is 3. The summed E-state index contributed by atoms with van der Waals surface area (Å²) >= 11 is 3.61. The number of carbonyl (C=O) groups is 4. The molecule has 278 valence electrons. The molecule has 52 heavy (non-hydrogen) atoms. The molecule has 1 spiro atoms. The Hall–Kier alpha value is -4.04. The monoisotopic (exact) mass is 778 g/mol. The van der Waals surface area contributed by atoms with Crippen LogP contribution in [0.3, 0.4) is 0 Å². The Labute approximate surface area is 312 Å². The molecule has 2 saturated heterocycles. The van der Waals surface area contributed by atoms with E-state index in [0.717, 1.165) is 18.8 Å². The van der Waals surface area contributed by atoms with Gasteiger partial charge in [0, 0.05) is 62.2 Å². The highest BCUT2D eigenvalue weighted by molar-refractivity contribution is 9.11. The Balaban J connectivity index is 1.45. The number of halogens is 1. The van der Waals surface area contributed by atoms with E-state index in [0.29, 0.717) is 22.2 Å². The van der Waals surface area contributed by atoms with Gasteiger partial charge in [-0.1, -0.05) is 58.4 Å². The van der Waals surface area contributed by atoms with E-state index in [1.54, 1.807) is 11.0 Å². The topological polar surface area (TPSA) is 138 Å². The molecule has 7 atom stereocenters. The number of esters is 1. The van der Waals surface area contributed by atoms with Gasteiger partial charge in [-0.2, -0.15) is 0 Å². The maximum Gasteiger partial charge on any atom is 0.313 e. The molecule has 2 aromatic rings. The summed E-state index contributed by atoms with van der Waals surface area (Å²) in [6, 6.07) is 14.9. The summed E-state index contributed by atoms with van der Waals surface area (Å²) < 4.78 is 19.0. The third-order valence-corrected chi connectivity index (χ3v) is 11.1. The van der Waals surface area contributed by atoms with Crippen LogP contribution >= 0.6 is 15.9 Å². The molecular weight excluding hydrogens is 732 g/mol. The average molecular weight is 780 g/mol. The van der Waals surface area contributed by atoms with Gasteiger partial charge in [0.25, 0.3) is 5.91 Å². The summed E-state index contributed by atoms with van der Waals surface area (Å²) in [5.41, 5.74) is 0.799. The van der Waals surface area contributed by atoms with Crippen molar-refractivity contribution in [1.29, 1.82) is 0 Å². The normalized spacial score (nSPS) is 29.8. The quantitative estimate of drug-likeness (QED) is 0.272. The number of aliphatic hydroxyl groups is 1. The van der Waals surface area contributed by atoms with Crippen LogP contribution in [0.25, 0.3) is 0 Å². The predicted molar refractivity (Wildman–Crippen MR) is 199 cm³/mol. The molecule has 4 heterocycles. The molecule has 6 rings (SSSR count). The lowest BCUT2D eigenvalue weighted by Gasteiger charge is -2.36. The Morgan fingerprint density at radius 2 is 1.73 bits per heavy atom. The van der Waals surface area contributed by atoms with Gasteiger partial charge in [0.05, 0.1) is 18.6 Å². The number of aliphatic hydroxyl groups excluding tert-OH is 1. The lowest BCUT2D eigenvalue weighted by atomic mass is 9.74. The van der Waals surface area contributed by atoms with Gasteiger partial charge in [-0.3, -0.25) is 19.2 Å². The van der Waals surface area contributed by atoms with E-state index in [2.05, 4.69) is 40.0 Å². The van der Waals surface area contributed by atoms with Crippen LogP contribution < -0.4 is 15.1 Å². The Morgan fingerprint density at radius 1 is 1.00 bits per heavy atom. The van der Waals surface area contributed by atoms with Gasteiger partial charge in [-0.05, 0) is 62.6 Å². The SMILES string of the molecule is CCN(CC)c1ccc(N2C/C=C\CCC(=O)N[C@@H](COC)[C@H](c3ccccc3)OC(=O)[C@H]3[C@@H]4O[C@@]5(C=C4Br)[C@@H]3C(=O)N(CCCO)[C@@H]5C2=O)cc1. The number of allylic oxidation sites excluding steroid dienone is 1. The van der Waals surface area contributed by atoms with Crippen molar-refractivity contribution in [2.45, 2.75) is 63.0 Å². The molecule has 13 heteroatoms. The molecule has 12 nitrogen and oxygen atoms in total. The number of cyclic esters (lactones) is 1. The van der Waals surface area contributed by atoms with Crippen LogP contribution in [0.5, 0.6) is 0 Å². The van der Waals surface area contributed by atoms with Crippen molar-refractivity contribution in [3.63, 3.8) is 0 Å². The second-order valence-electron chi connectivity index (χ2n) is 13.5. The fraction of sp³-hybridized carbons (Fsp3) is 0.487. The van der Waals surface area contributed by atoms with Crippen LogP contribution in [0, 0.1) is 11.8 Å². The van der Waals surface area contributed by atoms with Gasteiger partial charge in [0.2, 0.25) is 11.8 Å². The minimum Gasteiger partial charge on any atom is -0.455 e. The van der Waals surface area contributed by atoms with Gasteiger partial charge in [-0.25, -0.2) is 0 Å². The lowest BCUT2D eigenvalue weighted by molar-refractivity contribution is -0.162. The molecule has 0 aliphatic carbocycles. The molecule has 0 radical (unpaired) electrons. The van der Waals surface area contributed by atoms with Gasteiger partial charge in [-0.15, -0.1) is 0 Å². The number of fused-ring (bicyclic) bond motifs is 2. The summed E-state index contributed by atoms with van der Waals surface area (Å²) in [5, 5.41) is 12.8. The van der Waals surface area contributed by atoms with Gasteiger partial charge in [0.1, 0.15) is 29.8 Å². The van der Waals surface area contributed by atoms with E-state index in [9.17, 15) is 19.5 Å². The molecule has 4 aliphatic rings. The van der Waals surface area contributed by atoms with E-state index >= 15 is 4.79 Å². The van der Waals surface area contributed by atoms with E-state index in [1.165, 1.54) is 12.0 Å². The number of methoxy groups -OCH3 is 1. The van der Waals surface area contributed by atoms with Crippen LogP contribution in [-0.2, 0) is 33.4 Å². The fourth-order valence-corrected chi connectivity index (χ4v) is 8.79. The van der Waals surface area contributed by atoms with Crippen LogP contribution in [0.4, 0.5) is 11.4 Å². The zero-order valence-electron chi connectivity index (χ0n) is 29.8. The largest absolute Gasteiger partial charge is 0.455 e. The number of amides is 3. The molecule has 0 saturated carbocycles. The first-order valence-corrected chi connectivity index (χ1v) is 18.8. The van der Waals surface area contributed by atoms with E-state index in [4.69, 9.17) is 14.2 Å². The van der Waals surface area contributed by atoms with Crippen molar-refractivity contribution in [2.24, 2.45) is 11.8 Å². The van der Waals surface area contributed by atoms with Gasteiger partial charge in [0.15, 0.2) is 0 Å². The second-order valence-corrected chi connectivity index (χ2v) is 14.4. The molecule has 5 bridgehead atoms. The van der Waals surface area contributed by atoms with Crippen molar-refractivity contribution in [3.05, 3.63) is 82.9 Å². The van der Waals surface area contributed by atoms with Gasteiger partial charge < -0.3 is 39.3 Å². The second kappa shape index (κ2) is 16.3. The van der Waals surface area contributed by atoms with Gasteiger partial charge >= 0.3 is 5.97 Å². The Kier molecular flexibility index (Phi) is 11.8. The highest BCUT2D eigenvalue weighted by atomic mass is 79.9. The van der Waals surface area contributed by atoms with Crippen LogP contribution in [0.1, 0.15) is 44.8 Å². The van der Waals surface area contributed by atoms with E-state index < -0.39 is 53.6 Å². The maximum absolute atomic E-state index is 15.1. The number of nitrogens with zero attached hydrogens (tertiary/aromatic N) is 3. The van der Waals surface area contributed by atoms with Crippen molar-refractivity contribution < 1.29 is 38.5 Å². The summed E-state index contributed by atoms with van der Waals surface area (Å²) in [5.74, 6) is -3.91. The van der Waals surface area contributed by atoms with Crippen LogP contribution in [0.2, 0.25) is 0 Å². The van der Waals surface area contributed by atoms with Crippen molar-refractivity contribution in [3.8, 4) is 0 Å². The molecule has 4 aliphatic heterocycles. The summed E-state index contributed by atoms with van der Waals surface area (Å²) in [6.45, 7) is 5.92. The number of hydrogen-bond acceptors (Lipinski definition) is 9. The van der Waals surface area contributed by atoms with E-state index in [-0.39, 0.29) is 51.0 Å². The third kappa shape index (κ3) is 7.03. The Morgan fingerprint density at radius 3 is 2.40 bits per heavy atom. The minimum atomic E-state index is -1.48. The fourth-order valence-electron chi connectivity index (χ4n) is 8.05. The molecule has 2 N–H and O–H groups in total. The number of hydrogen-bond donors (Lipinski definition) is 2. The predicted octanol–water partition coefficient (Wildman–Crippen LogP) is 3.89. The van der Waals surface area contributed by atoms with Crippen LogP contribution in [0.15, 0.2) is 77.3 Å². The molecule has 2 aromatic carbocycles. The maximum atomic E-state index is 15.1. The number of benzene rings is 2. The number of likely N-dealkylation sites (tertiary alicyclic amines) is 1. The zero-order chi connectivity index (χ0) is 37.0. The van der Waals surface area contributed by atoms with Crippen molar-refractivity contribution in [1.82, 2.24) is 10.2 Å². The number of carbonyl (C=O) groups excluding carboxylic acids is 4. The third-order valence-electron chi connectivity index (χ3n) is 10.5. The zero-order valence-corrected chi connectivity index (χ0v) is 31.4. The van der Waals surface area contributed by atoms with Crippen molar-refractivity contribution >= 4 is 51.0 Å². The summed E-state index contributed by atoms with van der Waals surface area (Å²) in [4.78, 5) is 62.7. The molecular formula is C39H47BrN4O8. The lowest BCUT2D eigenvalue weighted by Crippen LogP contribution is -2.56. The number of anilines is 2. The molecule has 2 fully saturated rings. The standard InChI is InChI=1S/C39H47BrN4O8/c1-4-42(5-2)26-16-18-27(19-17-26)43-20-11-7-10-15-30(46)41-29(24-50-3)33(25-13-8-6-9-14-25)51-38(49)31-32-36(47)44(21-12-22-45)35(37(43)48)39(32)23-28(40)34(31)52-39/h6-9,11,13-14,16-19,23,29,31-35,45H,4-5,10,12,15,20-22,24H2,1-3H3,(H,41,46)/b11-7-/t29-,31+,32-,33-,34+,35+,39-/m0/s1. The van der Waals surface area contributed by atoms with Crippen molar-refractivity contribution in [2.75, 3.05) is 56.3 Å². The smallest absolute Gasteiger partial charge is 0.313 e. The molecule has 3 amide bonds. The molecule has 0 unspecified atom stereocenters. The molecule has 0 aromatic heterocycles. The first-order chi connectivity index (χ1) is 25.2. The highest BCUT2D eigenvalue weighted by Crippen LogP contribution is 2.59. The highest BCUT2D eigenvalue weighted by Gasteiger charge is 2.75. The number of rotatable bonds is 10. The average Bonchev–Trinajstić information content (AvgIpc) is 3.74. The van der Waals surface area contributed by atoms with Crippen LogP contribution in [-0.4, -0.2) is 104 Å². The summed E-state index contributed by atoms with van der Waals surface area (Å²) in [6.07, 6.45) is 4.43. The first-order valence-electron chi connectivity index (χ1n) is 18.0. The number of nitrogens with one attached hydrogen (secondary N) is 1. The minimum absolute atomic E-state index is 0.0580. The Bertz CT molecular complexity index is 1680.